The molecular weight excluding hydrogens is 797 g/mol. The zero-order chi connectivity index (χ0) is 43.1. The molecule has 8 aromatic carbocycles. The van der Waals surface area contributed by atoms with Gasteiger partial charge in [-0.2, -0.15) is 0 Å². The van der Waals surface area contributed by atoms with Crippen LogP contribution >= 0.6 is 11.3 Å². The van der Waals surface area contributed by atoms with Crippen LogP contribution in [0.2, 0.25) is 0 Å². The average molecular weight is 840 g/mol. The maximum absolute atomic E-state index is 14.4. The zero-order valence-electron chi connectivity index (χ0n) is 35.9. The molecule has 0 radical (unpaired) electrons. The number of thiophene rings is 1. The summed E-state index contributed by atoms with van der Waals surface area (Å²) >= 11 is 1.84. The Bertz CT molecular complexity index is 3630. The lowest BCUT2D eigenvalue weighted by molar-refractivity contribution is 0.627. The number of hydrogen-bond acceptors (Lipinski definition) is 3. The summed E-state index contributed by atoms with van der Waals surface area (Å²) in [5, 5.41) is 7.57. The van der Waals surface area contributed by atoms with Crippen LogP contribution < -0.4 is 9.80 Å². The van der Waals surface area contributed by atoms with E-state index in [0.717, 1.165) is 34.1 Å². The summed E-state index contributed by atoms with van der Waals surface area (Å²) in [5.41, 5.74) is 16.7. The van der Waals surface area contributed by atoms with E-state index in [1.54, 1.807) is 12.1 Å². The lowest BCUT2D eigenvalue weighted by Gasteiger charge is -2.28. The van der Waals surface area contributed by atoms with Crippen molar-refractivity contribution in [2.75, 3.05) is 9.80 Å². The second-order valence-corrected chi connectivity index (χ2v) is 19.1. The van der Waals surface area contributed by atoms with Crippen molar-refractivity contribution < 1.29 is 8.78 Å². The highest BCUT2D eigenvalue weighted by Gasteiger charge is 2.42. The summed E-state index contributed by atoms with van der Waals surface area (Å²) in [5.74, 6) is -0.511. The van der Waals surface area contributed by atoms with Gasteiger partial charge in [-0.3, -0.25) is 4.40 Å². The van der Waals surface area contributed by atoms with Crippen LogP contribution in [0.25, 0.3) is 58.6 Å². The van der Waals surface area contributed by atoms with E-state index in [-0.39, 0.29) is 17.0 Å². The summed E-state index contributed by atoms with van der Waals surface area (Å²) in [6, 6.07) is 51.8. The summed E-state index contributed by atoms with van der Waals surface area (Å²) < 4.78 is 32.4. The van der Waals surface area contributed by atoms with Crippen LogP contribution in [0.15, 0.2) is 152 Å². The lowest BCUT2D eigenvalue weighted by atomic mass is 9.81. The van der Waals surface area contributed by atoms with Crippen molar-refractivity contribution in [3.05, 3.63) is 197 Å². The van der Waals surface area contributed by atoms with Gasteiger partial charge in [0.05, 0.1) is 11.2 Å². The Morgan fingerprint density at radius 2 is 1.03 bits per heavy atom. The smallest absolute Gasteiger partial charge is 0.123 e. The summed E-state index contributed by atoms with van der Waals surface area (Å²) in [6.45, 7) is 13.2. The van der Waals surface area contributed by atoms with Crippen LogP contribution in [0.1, 0.15) is 47.2 Å². The van der Waals surface area contributed by atoms with E-state index in [2.05, 4.69) is 159 Å². The molecule has 0 atom stereocenters. The molecule has 3 aromatic heterocycles. The molecule has 0 bridgehead atoms. The standard InChI is InChI=1S/C57H43F2N3S/c1-32-23-33(2)26-43(25-32)60(39-15-11-37(58)12-16-39)41-19-21-46-49(30-41)57(5,6)53-48-29-36-9-7-8-10-45(36)51-52-47-22-20-42(31-50(47)63-56(52)62(54(48)51)55(46)53)61(40-17-13-38(59)14-18-40)44-27-34(3)24-35(4)28-44/h7-31H,1-6H3. The number of nitrogens with zero attached hydrogens (tertiary/aromatic N) is 3. The third kappa shape index (κ3) is 5.60. The maximum Gasteiger partial charge on any atom is 0.123 e. The normalized spacial score (nSPS) is 13.2. The van der Waals surface area contributed by atoms with E-state index in [0.29, 0.717) is 0 Å². The van der Waals surface area contributed by atoms with Gasteiger partial charge in [-0.25, -0.2) is 8.78 Å². The van der Waals surface area contributed by atoms with Crippen LogP contribution in [0.4, 0.5) is 42.9 Å². The first-order valence-corrected chi connectivity index (χ1v) is 22.4. The Hall–Kier alpha value is -7.02. The molecule has 63 heavy (non-hydrogen) atoms. The largest absolute Gasteiger partial charge is 0.310 e. The fourth-order valence-corrected chi connectivity index (χ4v) is 12.1. The number of halogens is 2. The number of fused-ring (bicyclic) bond motifs is 12. The molecule has 1 aliphatic rings. The molecule has 1 aliphatic carbocycles. The number of benzene rings is 8. The van der Waals surface area contributed by atoms with Crippen molar-refractivity contribution >= 4 is 92.8 Å². The molecule has 12 rings (SSSR count). The third-order valence-corrected chi connectivity index (χ3v) is 14.4. The molecule has 0 aliphatic heterocycles. The molecule has 306 valence electrons. The van der Waals surface area contributed by atoms with Crippen LogP contribution in [0.3, 0.4) is 0 Å². The SMILES string of the molecule is Cc1cc(C)cc(N(c2ccc(F)cc2)c2ccc3c(c2)C(C)(C)c2c-3n3c4sc5cc(N(c6ccc(F)cc6)c6cc(C)cc(C)c6)ccc5c4c4c5ccccc5cc2c43)c1. The van der Waals surface area contributed by atoms with Crippen molar-refractivity contribution in [2.45, 2.75) is 47.0 Å². The highest BCUT2D eigenvalue weighted by molar-refractivity contribution is 7.25. The van der Waals surface area contributed by atoms with E-state index >= 15 is 0 Å². The molecule has 0 saturated heterocycles. The number of hydrogen-bond donors (Lipinski definition) is 0. The molecule has 0 N–H and O–H groups in total. The van der Waals surface area contributed by atoms with Gasteiger partial charge in [0.15, 0.2) is 0 Å². The van der Waals surface area contributed by atoms with Gasteiger partial charge < -0.3 is 9.80 Å². The Kier molecular flexibility index (Phi) is 8.08. The minimum absolute atomic E-state index is 0.255. The topological polar surface area (TPSA) is 10.9 Å². The zero-order valence-corrected chi connectivity index (χ0v) is 36.8. The van der Waals surface area contributed by atoms with E-state index in [4.69, 9.17) is 0 Å². The van der Waals surface area contributed by atoms with Crippen molar-refractivity contribution in [1.82, 2.24) is 4.40 Å². The van der Waals surface area contributed by atoms with Gasteiger partial charge in [-0.05, 0) is 175 Å². The van der Waals surface area contributed by atoms with Crippen LogP contribution in [0.5, 0.6) is 0 Å². The first-order valence-electron chi connectivity index (χ1n) is 21.5. The Labute approximate surface area is 369 Å². The van der Waals surface area contributed by atoms with Crippen molar-refractivity contribution in [2.24, 2.45) is 0 Å². The molecule has 0 saturated carbocycles. The van der Waals surface area contributed by atoms with Gasteiger partial charge in [-0.15, -0.1) is 11.3 Å². The van der Waals surface area contributed by atoms with Crippen LogP contribution in [-0.2, 0) is 5.41 Å². The number of anilines is 6. The Balaban J connectivity index is 1.11. The fraction of sp³-hybridized carbons (Fsp3) is 0.123. The molecule has 0 spiro atoms. The van der Waals surface area contributed by atoms with E-state index in [9.17, 15) is 8.78 Å². The van der Waals surface area contributed by atoms with Crippen molar-refractivity contribution in [3.8, 4) is 11.3 Å². The molecule has 0 amide bonds. The van der Waals surface area contributed by atoms with Gasteiger partial charge in [0.25, 0.3) is 0 Å². The predicted molar refractivity (Wildman–Crippen MR) is 262 cm³/mol. The van der Waals surface area contributed by atoms with Gasteiger partial charge >= 0.3 is 0 Å². The predicted octanol–water partition coefficient (Wildman–Crippen LogP) is 16.8. The first kappa shape index (κ1) is 37.7. The quantitative estimate of drug-likeness (QED) is 0.165. The number of aromatic nitrogens is 1. The van der Waals surface area contributed by atoms with Gasteiger partial charge in [0, 0.05) is 71.3 Å². The van der Waals surface area contributed by atoms with Crippen molar-refractivity contribution in [3.63, 3.8) is 0 Å². The number of aryl methyl sites for hydroxylation is 4. The lowest BCUT2D eigenvalue weighted by Crippen LogP contribution is -2.16. The highest BCUT2D eigenvalue weighted by atomic mass is 32.1. The minimum atomic E-state index is -0.330. The second-order valence-electron chi connectivity index (χ2n) is 18.1. The van der Waals surface area contributed by atoms with Gasteiger partial charge in [-0.1, -0.05) is 62.4 Å². The Morgan fingerprint density at radius 1 is 0.492 bits per heavy atom. The average Bonchev–Trinajstić information content (AvgIpc) is 3.95. The van der Waals surface area contributed by atoms with Crippen LogP contribution in [0, 0.1) is 39.3 Å². The monoisotopic (exact) mass is 839 g/mol. The summed E-state index contributed by atoms with van der Waals surface area (Å²) in [6.07, 6.45) is 0. The fourth-order valence-electron chi connectivity index (χ4n) is 10.8. The molecule has 6 heteroatoms. The second kappa shape index (κ2) is 13.5. The van der Waals surface area contributed by atoms with E-state index in [1.165, 1.54) is 104 Å². The van der Waals surface area contributed by atoms with Gasteiger partial charge in [0.2, 0.25) is 0 Å². The van der Waals surface area contributed by atoms with E-state index in [1.807, 2.05) is 35.6 Å². The molecule has 3 heterocycles. The highest BCUT2D eigenvalue weighted by Crippen LogP contribution is 2.58. The summed E-state index contributed by atoms with van der Waals surface area (Å²) in [4.78, 5) is 5.72. The van der Waals surface area contributed by atoms with Gasteiger partial charge in [0.1, 0.15) is 16.5 Å². The molecule has 3 nitrogen and oxygen atoms in total. The van der Waals surface area contributed by atoms with E-state index < -0.39 is 0 Å². The molecule has 0 unspecified atom stereocenters. The molecule has 11 aromatic rings. The minimum Gasteiger partial charge on any atom is -0.310 e. The maximum atomic E-state index is 14.4. The molecule has 0 fully saturated rings. The number of rotatable bonds is 6. The Morgan fingerprint density at radius 3 is 1.63 bits per heavy atom. The third-order valence-electron chi connectivity index (χ3n) is 13.3. The van der Waals surface area contributed by atoms with Crippen LogP contribution in [-0.4, -0.2) is 4.40 Å². The summed E-state index contributed by atoms with van der Waals surface area (Å²) in [7, 11) is 0. The molecular formula is C57H43F2N3S. The van der Waals surface area contributed by atoms with Crippen molar-refractivity contribution in [1.29, 1.82) is 0 Å². The first-order chi connectivity index (χ1) is 30.4.